The summed E-state index contributed by atoms with van der Waals surface area (Å²) in [6.07, 6.45) is 12.9. The highest BCUT2D eigenvalue weighted by molar-refractivity contribution is 8.72. The van der Waals surface area contributed by atoms with E-state index < -0.39 is 14.6 Å². The monoisotopic (exact) mass is 406 g/mol. The van der Waals surface area contributed by atoms with E-state index in [1.807, 2.05) is 50.3 Å². The molecule has 28 heavy (non-hydrogen) atoms. The Morgan fingerprint density at radius 3 is 1.89 bits per heavy atom. The molecule has 0 atom stereocenters. The molecule has 4 aliphatic rings. The average Bonchev–Trinajstić information content (AvgIpc) is 3.27. The average molecular weight is 407 g/mol. The third-order valence-corrected chi connectivity index (χ3v) is 13.3. The fourth-order valence-corrected chi connectivity index (χ4v) is 12.0. The fraction of sp³-hybridized carbons (Fsp3) is 0.409. The minimum Gasteiger partial charge on any atom is -0.492 e. The molecule has 1 spiro atoms. The Hall–Kier alpha value is -2.21. The quantitative estimate of drug-likeness (QED) is 0.496. The molecular formula is C22H27FO4S. The fourth-order valence-electron chi connectivity index (χ4n) is 4.94. The van der Waals surface area contributed by atoms with Crippen LogP contribution in [-0.2, 0) is 14.3 Å². The molecule has 0 aromatic heterocycles. The number of hydrogen-bond donors (Lipinski definition) is 1. The Labute approximate surface area is 164 Å². The lowest BCUT2D eigenvalue weighted by atomic mass is 10.3. The topological polar surface area (TPSA) is 55.8 Å². The molecule has 4 bridgehead atoms. The van der Waals surface area contributed by atoms with Crippen molar-refractivity contribution >= 4 is 14.6 Å². The van der Waals surface area contributed by atoms with Crippen molar-refractivity contribution < 1.29 is 23.3 Å². The van der Waals surface area contributed by atoms with Gasteiger partial charge >= 0.3 is 5.97 Å². The normalized spacial score (nSPS) is 26.1. The zero-order valence-corrected chi connectivity index (χ0v) is 17.2. The maximum Gasteiger partial charge on any atom is 0.303 e. The van der Waals surface area contributed by atoms with Crippen molar-refractivity contribution in [3.8, 4) is 0 Å². The zero-order chi connectivity index (χ0) is 20.1. The van der Waals surface area contributed by atoms with Crippen molar-refractivity contribution in [3.05, 3.63) is 67.6 Å². The first kappa shape index (κ1) is 19.1. The van der Waals surface area contributed by atoms with Gasteiger partial charge in [-0.25, -0.2) is 0 Å². The highest BCUT2D eigenvalue weighted by Gasteiger charge is 2.78. The summed E-state index contributed by atoms with van der Waals surface area (Å²) in [4.78, 5) is 13.6. The van der Waals surface area contributed by atoms with Crippen molar-refractivity contribution in [2.45, 2.75) is 39.5 Å². The predicted octanol–water partition coefficient (Wildman–Crippen LogP) is 5.82. The molecule has 4 heterocycles. The Balaban J connectivity index is 1.92. The lowest BCUT2D eigenvalue weighted by Crippen LogP contribution is -2.33. The number of carboxylic acids is 1. The van der Waals surface area contributed by atoms with Crippen LogP contribution in [0.4, 0.5) is 3.89 Å². The summed E-state index contributed by atoms with van der Waals surface area (Å²) in [5, 5.41) is 9.19. The van der Waals surface area contributed by atoms with Gasteiger partial charge in [-0.15, -0.1) is 0 Å². The highest BCUT2D eigenvalue weighted by atomic mass is 32.4. The van der Waals surface area contributed by atoms with Gasteiger partial charge in [0.15, 0.2) is 0 Å². The van der Waals surface area contributed by atoms with Crippen molar-refractivity contribution in [1.29, 1.82) is 0 Å². The van der Waals surface area contributed by atoms with Crippen LogP contribution in [-0.4, -0.2) is 30.0 Å². The van der Waals surface area contributed by atoms with Gasteiger partial charge in [-0.3, -0.25) is 4.79 Å². The highest BCUT2D eigenvalue weighted by Crippen LogP contribution is 3.14. The van der Waals surface area contributed by atoms with Crippen LogP contribution >= 0.6 is 8.68 Å². The summed E-state index contributed by atoms with van der Waals surface area (Å²) >= 11 is 0. The second-order valence-corrected chi connectivity index (χ2v) is 13.2. The molecule has 0 aromatic rings. The lowest BCUT2D eigenvalue weighted by Gasteiger charge is -2.68. The van der Waals surface area contributed by atoms with Crippen molar-refractivity contribution in [3.63, 3.8) is 0 Å². The number of ether oxygens (including phenoxy) is 2. The molecule has 4 aliphatic heterocycles. The number of hydrogen-bond acceptors (Lipinski definition) is 3. The molecule has 0 aromatic carbocycles. The third-order valence-electron chi connectivity index (χ3n) is 6.13. The summed E-state index contributed by atoms with van der Waals surface area (Å²) in [6, 6.07) is 0. The molecule has 152 valence electrons. The molecule has 0 aliphatic carbocycles. The van der Waals surface area contributed by atoms with E-state index in [0.717, 1.165) is 12.8 Å². The van der Waals surface area contributed by atoms with E-state index in [2.05, 4.69) is 0 Å². The Morgan fingerprint density at radius 2 is 1.46 bits per heavy atom. The summed E-state index contributed by atoms with van der Waals surface area (Å²) in [7, 11) is -4.74. The Morgan fingerprint density at radius 1 is 0.964 bits per heavy atom. The molecule has 6 heteroatoms. The van der Waals surface area contributed by atoms with Gasteiger partial charge in [0.25, 0.3) is 0 Å². The van der Waals surface area contributed by atoms with Gasteiger partial charge in [0, 0.05) is 22.0 Å². The van der Waals surface area contributed by atoms with Crippen LogP contribution in [0.5, 0.6) is 0 Å². The Bertz CT molecular complexity index is 899. The van der Waals surface area contributed by atoms with E-state index in [1.54, 1.807) is 0 Å². The lowest BCUT2D eigenvalue weighted by molar-refractivity contribution is -0.137. The number of carbonyl (C=O) groups is 1. The van der Waals surface area contributed by atoms with Crippen molar-refractivity contribution in [2.75, 3.05) is 19.0 Å². The van der Waals surface area contributed by atoms with Crippen LogP contribution in [0.15, 0.2) is 67.6 Å². The molecule has 0 fully saturated rings. The van der Waals surface area contributed by atoms with Gasteiger partial charge in [0.2, 0.25) is 0 Å². The van der Waals surface area contributed by atoms with E-state index in [-0.39, 0.29) is 18.6 Å². The smallest absolute Gasteiger partial charge is 0.303 e. The molecular weight excluding hydrogens is 379 g/mol. The van der Waals surface area contributed by atoms with E-state index in [1.165, 1.54) is 0 Å². The predicted molar refractivity (Wildman–Crippen MR) is 111 cm³/mol. The van der Waals surface area contributed by atoms with E-state index in [0.29, 0.717) is 44.4 Å². The van der Waals surface area contributed by atoms with Crippen LogP contribution in [0.3, 0.4) is 0 Å². The maximum absolute atomic E-state index is 18.5. The first-order valence-corrected chi connectivity index (χ1v) is 12.4. The minimum atomic E-state index is -4.74. The first-order chi connectivity index (χ1) is 13.4. The van der Waals surface area contributed by atoms with Crippen LogP contribution in [0.1, 0.15) is 39.5 Å². The number of carboxylic acid groups (broad SMARTS) is 1. The van der Waals surface area contributed by atoms with Crippen LogP contribution in [0.25, 0.3) is 0 Å². The molecule has 1 N–H and O–H groups in total. The van der Waals surface area contributed by atoms with Gasteiger partial charge in [-0.05, 0) is 55.7 Å². The van der Waals surface area contributed by atoms with Gasteiger partial charge in [0.05, 0.1) is 23.0 Å². The largest absolute Gasteiger partial charge is 0.492 e. The van der Waals surface area contributed by atoms with Gasteiger partial charge in [-0.2, -0.15) is 3.89 Å². The van der Waals surface area contributed by atoms with E-state index in [9.17, 15) is 9.90 Å². The zero-order valence-electron chi connectivity index (χ0n) is 16.4. The summed E-state index contributed by atoms with van der Waals surface area (Å²) in [5.74, 6) is 0.394. The molecule has 0 radical (unpaired) electrons. The SMILES string of the molecule is CCCOC1=C2C=CC(=C1)S21(F)(CCCC(=O)O)C2=CC(OCCC)=C1C=C2. The summed E-state index contributed by atoms with van der Waals surface area (Å²) in [5.41, 5.74) is 0. The minimum absolute atomic E-state index is 0.0681. The molecule has 4 nitrogen and oxygen atoms in total. The molecule has 4 rings (SSSR count). The maximum atomic E-state index is 18.5. The standard InChI is InChI=1S/C22H27FO4S/c1-3-11-26-18-14-16-7-9-20(18)28(16,23,13-5-6-22(24)25)17-8-10-21(28)19(15-17)27-12-4-2/h7-10,14-15H,3-6,11-13H2,1-2H3,(H,24,25). The first-order valence-electron chi connectivity index (χ1n) is 9.92. The van der Waals surface area contributed by atoms with Crippen molar-refractivity contribution in [1.82, 2.24) is 0 Å². The van der Waals surface area contributed by atoms with Crippen LogP contribution in [0, 0.1) is 0 Å². The molecule has 0 unspecified atom stereocenters. The summed E-state index contributed by atoms with van der Waals surface area (Å²) in [6.45, 7) is 5.07. The van der Waals surface area contributed by atoms with E-state index >= 15 is 3.89 Å². The molecule has 0 amide bonds. The number of rotatable bonds is 10. The van der Waals surface area contributed by atoms with Gasteiger partial charge in [-0.1, -0.05) is 22.5 Å². The van der Waals surface area contributed by atoms with Crippen molar-refractivity contribution in [2.24, 2.45) is 0 Å². The van der Waals surface area contributed by atoms with E-state index in [4.69, 9.17) is 9.47 Å². The number of aliphatic carboxylic acids is 1. The number of halogens is 1. The molecule has 0 saturated heterocycles. The molecule has 0 saturated carbocycles. The van der Waals surface area contributed by atoms with Gasteiger partial charge in [0.1, 0.15) is 11.5 Å². The second kappa shape index (κ2) is 5.89. The van der Waals surface area contributed by atoms with Crippen LogP contribution < -0.4 is 0 Å². The Kier molecular flexibility index (Phi) is 4.03. The summed E-state index contributed by atoms with van der Waals surface area (Å²) < 4.78 is 30.4. The van der Waals surface area contributed by atoms with Crippen LogP contribution in [0.2, 0.25) is 0 Å². The number of allylic oxidation sites excluding steroid dienone is 6. The van der Waals surface area contributed by atoms with Gasteiger partial charge < -0.3 is 14.6 Å². The second-order valence-electron chi connectivity index (χ2n) is 7.72. The third kappa shape index (κ3) is 1.89.